The zero-order valence-electron chi connectivity index (χ0n) is 12.2. The van der Waals surface area contributed by atoms with Crippen LogP contribution in [0.1, 0.15) is 32.3 Å². The second kappa shape index (κ2) is 4.69. The molecule has 1 aliphatic heterocycles. The highest BCUT2D eigenvalue weighted by Gasteiger charge is 2.48. The predicted molar refractivity (Wildman–Crippen MR) is 79.2 cm³/mol. The van der Waals surface area contributed by atoms with Gasteiger partial charge in [0, 0.05) is 5.41 Å². The van der Waals surface area contributed by atoms with E-state index in [9.17, 15) is 9.59 Å². The van der Waals surface area contributed by atoms with Crippen molar-refractivity contribution in [2.24, 2.45) is 16.4 Å². The minimum Gasteiger partial charge on any atom is -0.481 e. The molecule has 1 unspecified atom stereocenters. The Hall–Kier alpha value is -2.17. The summed E-state index contributed by atoms with van der Waals surface area (Å²) in [5.74, 6) is -0.920. The van der Waals surface area contributed by atoms with Crippen molar-refractivity contribution in [3.8, 4) is 0 Å². The molecular formula is C16H18N2O3. The lowest BCUT2D eigenvalue weighted by molar-refractivity contribution is -0.136. The minimum atomic E-state index is -0.864. The fraction of sp³-hybridized carbons (Fsp3) is 0.438. The van der Waals surface area contributed by atoms with Crippen molar-refractivity contribution < 1.29 is 14.7 Å². The number of carboxylic acid groups (broad SMARTS) is 1. The van der Waals surface area contributed by atoms with Gasteiger partial charge in [-0.3, -0.25) is 9.59 Å². The molecule has 1 heterocycles. The smallest absolute Gasteiger partial charge is 0.307 e. The van der Waals surface area contributed by atoms with Crippen LogP contribution in [0.25, 0.3) is 0 Å². The van der Waals surface area contributed by atoms with Crippen LogP contribution < -0.4 is 5.01 Å². The van der Waals surface area contributed by atoms with Crippen LogP contribution in [-0.2, 0) is 16.0 Å². The molecule has 1 aromatic rings. The first-order chi connectivity index (χ1) is 9.88. The van der Waals surface area contributed by atoms with Crippen LogP contribution in [0.4, 0.5) is 5.69 Å². The van der Waals surface area contributed by atoms with Gasteiger partial charge < -0.3 is 5.11 Å². The average molecular weight is 286 g/mol. The second-order valence-electron chi connectivity index (χ2n) is 6.35. The van der Waals surface area contributed by atoms with Gasteiger partial charge in [-0.2, -0.15) is 5.10 Å². The molecule has 1 fully saturated rings. The van der Waals surface area contributed by atoms with Crippen molar-refractivity contribution in [1.82, 2.24) is 0 Å². The summed E-state index contributed by atoms with van der Waals surface area (Å²) in [6, 6.07) is 6.98. The molecule has 0 bridgehead atoms. The summed E-state index contributed by atoms with van der Waals surface area (Å²) in [7, 11) is 0. The monoisotopic (exact) mass is 286 g/mol. The molecule has 1 saturated carbocycles. The van der Waals surface area contributed by atoms with E-state index < -0.39 is 5.97 Å². The van der Waals surface area contributed by atoms with E-state index in [2.05, 4.69) is 18.9 Å². The number of hydrogen-bond acceptors (Lipinski definition) is 3. The topological polar surface area (TPSA) is 70.0 Å². The summed E-state index contributed by atoms with van der Waals surface area (Å²) in [5.41, 5.74) is 2.37. The number of amides is 1. The molecule has 110 valence electrons. The summed E-state index contributed by atoms with van der Waals surface area (Å²) in [6.07, 6.45) is 1.84. The number of nitrogens with zero attached hydrogens (tertiary/aromatic N) is 2. The molecule has 1 atom stereocenters. The van der Waals surface area contributed by atoms with E-state index in [0.717, 1.165) is 18.6 Å². The molecule has 5 nitrogen and oxygen atoms in total. The Morgan fingerprint density at radius 2 is 2.05 bits per heavy atom. The number of rotatable bonds is 3. The highest BCUT2D eigenvalue weighted by Crippen LogP contribution is 2.43. The Kier molecular flexibility index (Phi) is 3.08. The van der Waals surface area contributed by atoms with Gasteiger partial charge >= 0.3 is 5.97 Å². The van der Waals surface area contributed by atoms with Crippen LogP contribution in [0, 0.1) is 11.3 Å². The third kappa shape index (κ3) is 2.33. The third-order valence-electron chi connectivity index (χ3n) is 4.33. The normalized spacial score (nSPS) is 23.1. The highest BCUT2D eigenvalue weighted by molar-refractivity contribution is 6.18. The molecule has 0 aromatic heterocycles. The summed E-state index contributed by atoms with van der Waals surface area (Å²) >= 11 is 0. The van der Waals surface area contributed by atoms with Crippen molar-refractivity contribution in [1.29, 1.82) is 0 Å². The summed E-state index contributed by atoms with van der Waals surface area (Å²) < 4.78 is 0. The molecule has 3 rings (SSSR count). The zero-order valence-corrected chi connectivity index (χ0v) is 12.2. The van der Waals surface area contributed by atoms with Gasteiger partial charge in [0.15, 0.2) is 0 Å². The molecular weight excluding hydrogens is 268 g/mol. The first-order valence-electron chi connectivity index (χ1n) is 7.12. The molecule has 0 saturated heterocycles. The molecule has 0 radical (unpaired) electrons. The van der Waals surface area contributed by atoms with E-state index >= 15 is 0 Å². The van der Waals surface area contributed by atoms with Gasteiger partial charge in [-0.05, 0) is 30.5 Å². The molecule has 1 aliphatic carbocycles. The summed E-state index contributed by atoms with van der Waals surface area (Å²) in [4.78, 5) is 23.1. The average Bonchev–Trinajstić information content (AvgIpc) is 2.89. The lowest BCUT2D eigenvalue weighted by Gasteiger charge is -2.17. The van der Waals surface area contributed by atoms with Crippen molar-refractivity contribution in [2.75, 3.05) is 5.01 Å². The van der Waals surface area contributed by atoms with Crippen LogP contribution in [0.3, 0.4) is 0 Å². The lowest BCUT2D eigenvalue weighted by atomic mass is 9.88. The first kappa shape index (κ1) is 13.8. The number of carbonyl (C=O) groups excluding carboxylic acids is 1. The van der Waals surface area contributed by atoms with E-state index in [0.29, 0.717) is 11.3 Å². The Labute approximate surface area is 123 Å². The van der Waals surface area contributed by atoms with Crippen LogP contribution in [0.15, 0.2) is 29.4 Å². The SMILES string of the molecule is CC1(C)CCC2C(=O)N(c3ccc(CC(=O)O)cc3)N=C21. The van der Waals surface area contributed by atoms with E-state index in [1.54, 1.807) is 24.3 Å². The molecule has 1 aromatic carbocycles. The maximum Gasteiger partial charge on any atom is 0.307 e. The van der Waals surface area contributed by atoms with E-state index in [1.165, 1.54) is 5.01 Å². The largest absolute Gasteiger partial charge is 0.481 e. The van der Waals surface area contributed by atoms with Gasteiger partial charge in [0.25, 0.3) is 5.91 Å². The Morgan fingerprint density at radius 1 is 1.38 bits per heavy atom. The van der Waals surface area contributed by atoms with Gasteiger partial charge in [0.05, 0.1) is 23.7 Å². The van der Waals surface area contributed by atoms with Gasteiger partial charge in [-0.25, -0.2) is 5.01 Å². The van der Waals surface area contributed by atoms with Crippen molar-refractivity contribution >= 4 is 23.3 Å². The van der Waals surface area contributed by atoms with Gasteiger partial charge in [0.2, 0.25) is 0 Å². The number of hydrazone groups is 1. The second-order valence-corrected chi connectivity index (χ2v) is 6.35. The maximum absolute atomic E-state index is 12.5. The summed E-state index contributed by atoms with van der Waals surface area (Å²) in [6.45, 7) is 4.25. The summed E-state index contributed by atoms with van der Waals surface area (Å²) in [5, 5.41) is 14.8. The van der Waals surface area contributed by atoms with Gasteiger partial charge in [-0.1, -0.05) is 26.0 Å². The van der Waals surface area contributed by atoms with Crippen molar-refractivity contribution in [2.45, 2.75) is 33.1 Å². The number of aliphatic carboxylic acids is 1. The minimum absolute atomic E-state index is 0.0155. The molecule has 1 N–H and O–H groups in total. The van der Waals surface area contributed by atoms with Crippen LogP contribution >= 0.6 is 0 Å². The Bertz CT molecular complexity index is 631. The maximum atomic E-state index is 12.5. The number of carboxylic acids is 1. The van der Waals surface area contributed by atoms with Gasteiger partial charge in [0.1, 0.15) is 0 Å². The molecule has 1 amide bonds. The zero-order chi connectivity index (χ0) is 15.2. The van der Waals surface area contributed by atoms with E-state index in [-0.39, 0.29) is 23.7 Å². The highest BCUT2D eigenvalue weighted by atomic mass is 16.4. The quantitative estimate of drug-likeness (QED) is 0.927. The number of hydrogen-bond donors (Lipinski definition) is 1. The van der Waals surface area contributed by atoms with Crippen molar-refractivity contribution in [3.63, 3.8) is 0 Å². The predicted octanol–water partition coefficient (Wildman–Crippen LogP) is 2.45. The van der Waals surface area contributed by atoms with E-state index in [4.69, 9.17) is 5.11 Å². The van der Waals surface area contributed by atoms with Gasteiger partial charge in [-0.15, -0.1) is 0 Å². The van der Waals surface area contributed by atoms with E-state index in [1.807, 2.05) is 0 Å². The first-order valence-corrected chi connectivity index (χ1v) is 7.12. The third-order valence-corrected chi connectivity index (χ3v) is 4.33. The number of fused-ring (bicyclic) bond motifs is 1. The van der Waals surface area contributed by atoms with Crippen molar-refractivity contribution in [3.05, 3.63) is 29.8 Å². The molecule has 5 heteroatoms. The molecule has 21 heavy (non-hydrogen) atoms. The standard InChI is InChI=1S/C16H18N2O3/c1-16(2)8-7-12-14(16)17-18(15(12)21)11-5-3-10(4-6-11)9-13(19)20/h3-6,12H,7-9H2,1-2H3,(H,19,20). The Balaban J connectivity index is 1.86. The fourth-order valence-corrected chi connectivity index (χ4v) is 3.11. The van der Waals surface area contributed by atoms with Crippen LogP contribution in [0.2, 0.25) is 0 Å². The van der Waals surface area contributed by atoms with Crippen LogP contribution in [-0.4, -0.2) is 22.7 Å². The number of anilines is 1. The Morgan fingerprint density at radius 3 is 2.62 bits per heavy atom. The fourth-order valence-electron chi connectivity index (χ4n) is 3.11. The van der Waals surface area contributed by atoms with Crippen LogP contribution in [0.5, 0.6) is 0 Å². The number of carbonyl (C=O) groups is 2. The lowest BCUT2D eigenvalue weighted by Crippen LogP contribution is -2.26. The molecule has 0 spiro atoms. The number of benzene rings is 1. The molecule has 2 aliphatic rings.